The molecule has 0 aliphatic heterocycles. The summed E-state index contributed by atoms with van der Waals surface area (Å²) in [4.78, 5) is 11.4. The van der Waals surface area contributed by atoms with E-state index in [0.717, 1.165) is 0 Å². The van der Waals surface area contributed by atoms with Gasteiger partial charge in [-0.25, -0.2) is 4.39 Å². The lowest BCUT2D eigenvalue weighted by molar-refractivity contribution is 0.0801. The summed E-state index contributed by atoms with van der Waals surface area (Å²) in [5, 5.41) is -0.788. The quantitative estimate of drug-likeness (QED) is 0.605. The number of alkyl halides is 1. The minimum Gasteiger partial charge on any atom is -0.362 e. The van der Waals surface area contributed by atoms with E-state index in [9.17, 15) is 9.18 Å². The lowest BCUT2D eigenvalue weighted by atomic mass is 10.1. The lowest BCUT2D eigenvalue weighted by Crippen LogP contribution is -2.17. The summed E-state index contributed by atoms with van der Waals surface area (Å²) in [7, 11) is 1.37. The summed E-state index contributed by atoms with van der Waals surface area (Å²) < 4.78 is 17.8. The largest absolute Gasteiger partial charge is 0.362 e. The normalized spacial score (nSPS) is 12.5. The van der Waals surface area contributed by atoms with Crippen LogP contribution >= 0.6 is 15.9 Å². The van der Waals surface area contributed by atoms with Crippen molar-refractivity contribution >= 4 is 21.7 Å². The molecule has 0 N–H and O–H groups in total. The molecule has 0 saturated carbocycles. The SMILES string of the molecule is COC(Br)C(=O)c1ccccc1F. The average Bonchev–Trinajstić information content (AvgIpc) is 2.16. The molecule has 1 unspecified atom stereocenters. The minimum absolute atomic E-state index is 0.0335. The zero-order valence-electron chi connectivity index (χ0n) is 6.96. The van der Waals surface area contributed by atoms with Crippen LogP contribution in [0, 0.1) is 5.82 Å². The average molecular weight is 247 g/mol. The minimum atomic E-state index is -0.788. The number of Topliss-reactive ketones (excluding diaryl/α,β-unsaturated/α-hetero) is 1. The van der Waals surface area contributed by atoms with Crippen molar-refractivity contribution in [3.63, 3.8) is 0 Å². The first-order valence-electron chi connectivity index (χ1n) is 3.62. The van der Waals surface area contributed by atoms with Crippen LogP contribution in [0.25, 0.3) is 0 Å². The third kappa shape index (κ3) is 2.35. The Hall–Kier alpha value is -0.740. The second-order valence-corrected chi connectivity index (χ2v) is 3.23. The van der Waals surface area contributed by atoms with Gasteiger partial charge in [0.1, 0.15) is 5.82 Å². The summed E-state index contributed by atoms with van der Waals surface area (Å²) in [5.41, 5.74) is 0.0335. The molecule has 1 aromatic carbocycles. The number of carbonyl (C=O) groups is 1. The Morgan fingerprint density at radius 3 is 2.69 bits per heavy atom. The Labute approximate surface area is 83.8 Å². The van der Waals surface area contributed by atoms with Gasteiger partial charge in [0.05, 0.1) is 5.56 Å². The van der Waals surface area contributed by atoms with Gasteiger partial charge in [0, 0.05) is 7.11 Å². The van der Waals surface area contributed by atoms with Gasteiger partial charge < -0.3 is 4.74 Å². The molecule has 0 spiro atoms. The van der Waals surface area contributed by atoms with Gasteiger partial charge in [-0.05, 0) is 28.1 Å². The molecule has 1 rings (SSSR count). The van der Waals surface area contributed by atoms with Crippen LogP contribution in [0.5, 0.6) is 0 Å². The Bertz CT molecular complexity index is 314. The van der Waals surface area contributed by atoms with Crippen LogP contribution in [-0.2, 0) is 4.74 Å². The number of ether oxygens (including phenoxy) is 1. The first kappa shape index (κ1) is 10.3. The third-order valence-electron chi connectivity index (χ3n) is 1.55. The van der Waals surface area contributed by atoms with Gasteiger partial charge in [0.15, 0.2) is 5.01 Å². The number of halogens is 2. The first-order valence-corrected chi connectivity index (χ1v) is 4.54. The molecule has 0 aliphatic rings. The van der Waals surface area contributed by atoms with Crippen molar-refractivity contribution in [1.29, 1.82) is 0 Å². The second kappa shape index (κ2) is 4.48. The van der Waals surface area contributed by atoms with Gasteiger partial charge in [0.25, 0.3) is 0 Å². The number of benzene rings is 1. The van der Waals surface area contributed by atoms with E-state index in [1.807, 2.05) is 0 Å². The second-order valence-electron chi connectivity index (χ2n) is 2.40. The highest BCUT2D eigenvalue weighted by molar-refractivity contribution is 9.09. The summed E-state index contributed by atoms with van der Waals surface area (Å²) in [6, 6.07) is 5.79. The standard InChI is InChI=1S/C9H8BrFO2/c1-13-9(10)8(12)6-4-2-3-5-7(6)11/h2-5,9H,1H3. The molecule has 0 aliphatic carbocycles. The molecule has 0 bridgehead atoms. The molecular weight excluding hydrogens is 239 g/mol. The van der Waals surface area contributed by atoms with Crippen molar-refractivity contribution in [2.45, 2.75) is 5.01 Å². The molecule has 13 heavy (non-hydrogen) atoms. The predicted molar refractivity (Wildman–Crippen MR) is 50.5 cm³/mol. The van der Waals surface area contributed by atoms with Crippen molar-refractivity contribution in [2.75, 3.05) is 7.11 Å². The maximum Gasteiger partial charge on any atom is 0.205 e. The van der Waals surface area contributed by atoms with Crippen molar-refractivity contribution in [1.82, 2.24) is 0 Å². The highest BCUT2D eigenvalue weighted by Crippen LogP contribution is 2.13. The van der Waals surface area contributed by atoms with Crippen LogP contribution in [0.15, 0.2) is 24.3 Å². The predicted octanol–water partition coefficient (Wildman–Crippen LogP) is 2.38. The van der Waals surface area contributed by atoms with E-state index in [-0.39, 0.29) is 5.56 Å². The maximum atomic E-state index is 13.0. The molecule has 4 heteroatoms. The van der Waals surface area contributed by atoms with E-state index in [1.54, 1.807) is 6.07 Å². The van der Waals surface area contributed by atoms with E-state index in [2.05, 4.69) is 15.9 Å². The number of carbonyl (C=O) groups excluding carboxylic acids is 1. The molecule has 2 nitrogen and oxygen atoms in total. The number of ketones is 1. The van der Waals surface area contributed by atoms with E-state index in [0.29, 0.717) is 0 Å². The molecule has 0 amide bonds. The fourth-order valence-corrected chi connectivity index (χ4v) is 1.14. The number of methoxy groups -OCH3 is 1. The lowest BCUT2D eigenvalue weighted by Gasteiger charge is -2.06. The molecule has 0 fully saturated rings. The van der Waals surface area contributed by atoms with Crippen molar-refractivity contribution in [2.24, 2.45) is 0 Å². The highest BCUT2D eigenvalue weighted by Gasteiger charge is 2.18. The highest BCUT2D eigenvalue weighted by atomic mass is 79.9. The number of hydrogen-bond acceptors (Lipinski definition) is 2. The maximum absolute atomic E-state index is 13.0. The fraction of sp³-hybridized carbons (Fsp3) is 0.222. The van der Waals surface area contributed by atoms with Crippen LogP contribution < -0.4 is 0 Å². The van der Waals surface area contributed by atoms with E-state index in [1.165, 1.54) is 25.3 Å². The van der Waals surface area contributed by atoms with Gasteiger partial charge in [-0.1, -0.05) is 12.1 Å². The molecule has 1 aromatic rings. The summed E-state index contributed by atoms with van der Waals surface area (Å²) >= 11 is 2.97. The van der Waals surface area contributed by atoms with Gasteiger partial charge in [-0.15, -0.1) is 0 Å². The number of hydrogen-bond donors (Lipinski definition) is 0. The first-order chi connectivity index (χ1) is 6.16. The Kier molecular flexibility index (Phi) is 3.57. The molecule has 0 heterocycles. The van der Waals surface area contributed by atoms with Gasteiger partial charge in [0.2, 0.25) is 5.78 Å². The van der Waals surface area contributed by atoms with Gasteiger partial charge in [-0.2, -0.15) is 0 Å². The van der Waals surface area contributed by atoms with Gasteiger partial charge in [-0.3, -0.25) is 4.79 Å². The molecule has 0 saturated heterocycles. The molecular formula is C9H8BrFO2. The van der Waals surface area contributed by atoms with Crippen molar-refractivity contribution < 1.29 is 13.9 Å². The monoisotopic (exact) mass is 246 g/mol. The number of rotatable bonds is 3. The smallest absolute Gasteiger partial charge is 0.205 e. The Morgan fingerprint density at radius 1 is 1.54 bits per heavy atom. The Balaban J connectivity index is 2.95. The van der Waals surface area contributed by atoms with Gasteiger partial charge >= 0.3 is 0 Å². The fourth-order valence-electron chi connectivity index (χ4n) is 0.890. The summed E-state index contributed by atoms with van der Waals surface area (Å²) in [6.45, 7) is 0. The van der Waals surface area contributed by atoms with Crippen LogP contribution in [0.1, 0.15) is 10.4 Å². The zero-order valence-corrected chi connectivity index (χ0v) is 8.55. The van der Waals surface area contributed by atoms with E-state index >= 15 is 0 Å². The van der Waals surface area contributed by atoms with Crippen molar-refractivity contribution in [3.05, 3.63) is 35.6 Å². The van der Waals surface area contributed by atoms with Crippen LogP contribution in [0.4, 0.5) is 4.39 Å². The van der Waals surface area contributed by atoms with E-state index < -0.39 is 16.6 Å². The van der Waals surface area contributed by atoms with Crippen LogP contribution in [-0.4, -0.2) is 17.9 Å². The summed E-state index contributed by atoms with van der Waals surface area (Å²) in [6.07, 6.45) is 0. The molecule has 70 valence electrons. The van der Waals surface area contributed by atoms with Crippen LogP contribution in [0.3, 0.4) is 0 Å². The Morgan fingerprint density at radius 2 is 2.15 bits per heavy atom. The zero-order chi connectivity index (χ0) is 9.84. The van der Waals surface area contributed by atoms with Crippen LogP contribution in [0.2, 0.25) is 0 Å². The summed E-state index contributed by atoms with van der Waals surface area (Å²) in [5.74, 6) is -0.949. The molecule has 0 aromatic heterocycles. The topological polar surface area (TPSA) is 26.3 Å². The third-order valence-corrected chi connectivity index (χ3v) is 2.34. The molecule has 0 radical (unpaired) electrons. The molecule has 1 atom stereocenters. The van der Waals surface area contributed by atoms with E-state index in [4.69, 9.17) is 4.74 Å². The van der Waals surface area contributed by atoms with Crippen molar-refractivity contribution in [3.8, 4) is 0 Å².